The molecule has 6 nitrogen and oxygen atoms in total. The molecule has 0 radical (unpaired) electrons. The number of hydrogen-bond donors (Lipinski definition) is 3. The summed E-state index contributed by atoms with van der Waals surface area (Å²) >= 11 is 6.31. The number of hydrogen-bond acceptors (Lipinski definition) is 4. The number of aliphatic imine (C=N–C) groups is 1. The van der Waals surface area contributed by atoms with E-state index in [4.69, 9.17) is 17.3 Å². The molecule has 0 unspecified atom stereocenters. The van der Waals surface area contributed by atoms with E-state index in [1.165, 1.54) is 18.0 Å². The molecule has 0 atom stereocenters. The number of amides is 1. The number of carbonyl (C=O) groups excluding carboxylic acids is 1. The van der Waals surface area contributed by atoms with Crippen LogP contribution in [0.4, 0.5) is 21.5 Å². The van der Waals surface area contributed by atoms with E-state index in [2.05, 4.69) is 15.6 Å². The van der Waals surface area contributed by atoms with Crippen molar-refractivity contribution in [3.8, 4) is 0 Å². The SMILES string of the molecule is CCN=C(N)N(C)C(=O)C(C)(C)c1cc(Nc2ccc(NC)cc2Cl)ccc1F. The zero-order valence-corrected chi connectivity index (χ0v) is 18.1. The molecular weight excluding hydrogens is 393 g/mol. The Morgan fingerprint density at radius 1 is 1.24 bits per heavy atom. The highest BCUT2D eigenvalue weighted by atomic mass is 35.5. The van der Waals surface area contributed by atoms with Crippen LogP contribution in [0.25, 0.3) is 0 Å². The number of nitrogens with two attached hydrogens (primary N) is 1. The topological polar surface area (TPSA) is 82.8 Å². The van der Waals surface area contributed by atoms with Crippen LogP contribution in [0.1, 0.15) is 26.3 Å². The number of nitrogens with zero attached hydrogens (tertiary/aromatic N) is 2. The van der Waals surface area contributed by atoms with Gasteiger partial charge >= 0.3 is 0 Å². The smallest absolute Gasteiger partial charge is 0.239 e. The fraction of sp³-hybridized carbons (Fsp3) is 0.333. The Labute approximate surface area is 175 Å². The van der Waals surface area contributed by atoms with Crippen molar-refractivity contribution < 1.29 is 9.18 Å². The van der Waals surface area contributed by atoms with Gasteiger partial charge < -0.3 is 16.4 Å². The summed E-state index contributed by atoms with van der Waals surface area (Å²) in [4.78, 5) is 18.3. The molecule has 2 aromatic rings. The third-order valence-corrected chi connectivity index (χ3v) is 4.99. The lowest BCUT2D eigenvalue weighted by Gasteiger charge is -2.30. The number of nitrogens with one attached hydrogen (secondary N) is 2. The lowest BCUT2D eigenvalue weighted by Crippen LogP contribution is -2.47. The van der Waals surface area contributed by atoms with E-state index in [0.29, 0.717) is 22.9 Å². The van der Waals surface area contributed by atoms with Gasteiger partial charge in [0.15, 0.2) is 5.96 Å². The first-order valence-corrected chi connectivity index (χ1v) is 9.62. The van der Waals surface area contributed by atoms with Gasteiger partial charge in [-0.2, -0.15) is 0 Å². The largest absolute Gasteiger partial charge is 0.388 e. The average molecular weight is 420 g/mol. The van der Waals surface area contributed by atoms with Gasteiger partial charge in [0.05, 0.1) is 16.1 Å². The number of guanidine groups is 1. The van der Waals surface area contributed by atoms with Crippen LogP contribution < -0.4 is 16.4 Å². The zero-order chi connectivity index (χ0) is 21.8. The van der Waals surface area contributed by atoms with Crippen LogP contribution in [0.3, 0.4) is 0 Å². The van der Waals surface area contributed by atoms with Gasteiger partial charge in [-0.1, -0.05) is 11.6 Å². The van der Waals surface area contributed by atoms with Gasteiger partial charge in [0, 0.05) is 37.6 Å². The van der Waals surface area contributed by atoms with E-state index < -0.39 is 11.2 Å². The minimum Gasteiger partial charge on any atom is -0.388 e. The molecular formula is C21H27ClFN5O. The number of carbonyl (C=O) groups is 1. The van der Waals surface area contributed by atoms with Crippen molar-refractivity contribution in [2.24, 2.45) is 10.7 Å². The first kappa shape index (κ1) is 22.5. The van der Waals surface area contributed by atoms with Gasteiger partial charge in [0.1, 0.15) is 5.82 Å². The summed E-state index contributed by atoms with van der Waals surface area (Å²) in [5, 5.41) is 6.70. The van der Waals surface area contributed by atoms with Crippen molar-refractivity contribution in [3.05, 3.63) is 52.8 Å². The monoisotopic (exact) mass is 419 g/mol. The lowest BCUT2D eigenvalue weighted by atomic mass is 9.82. The maximum absolute atomic E-state index is 14.7. The van der Waals surface area contributed by atoms with Gasteiger partial charge in [-0.15, -0.1) is 0 Å². The lowest BCUT2D eigenvalue weighted by molar-refractivity contribution is -0.131. The summed E-state index contributed by atoms with van der Waals surface area (Å²) in [7, 11) is 3.33. The summed E-state index contributed by atoms with van der Waals surface area (Å²) in [6, 6.07) is 10.0. The predicted molar refractivity (Wildman–Crippen MR) is 119 cm³/mol. The molecule has 2 aromatic carbocycles. The molecule has 156 valence electrons. The van der Waals surface area contributed by atoms with Gasteiger partial charge in [-0.25, -0.2) is 4.39 Å². The standard InChI is InChI=1S/C21H27ClFN5O/c1-6-26-20(24)28(5)19(29)21(2,3)15-11-14(7-9-17(15)23)27-18-10-8-13(25-4)12-16(18)22/h7-12,25,27H,6H2,1-5H3,(H2,24,26). The van der Waals surface area contributed by atoms with Crippen molar-refractivity contribution in [2.75, 3.05) is 31.3 Å². The van der Waals surface area contributed by atoms with E-state index in [0.717, 1.165) is 5.69 Å². The Balaban J connectivity index is 2.37. The Kier molecular flexibility index (Phi) is 7.08. The van der Waals surface area contributed by atoms with Crippen molar-refractivity contribution in [1.82, 2.24) is 4.90 Å². The van der Waals surface area contributed by atoms with E-state index in [1.807, 2.05) is 19.1 Å². The molecule has 2 rings (SSSR count). The van der Waals surface area contributed by atoms with Crippen LogP contribution in [0.2, 0.25) is 5.02 Å². The predicted octanol–water partition coefficient (Wildman–Crippen LogP) is 4.34. The molecule has 0 aliphatic rings. The highest BCUT2D eigenvalue weighted by molar-refractivity contribution is 6.33. The number of benzene rings is 2. The van der Waals surface area contributed by atoms with Crippen LogP contribution in [-0.4, -0.2) is 37.4 Å². The summed E-state index contributed by atoms with van der Waals surface area (Å²) < 4.78 is 14.7. The van der Waals surface area contributed by atoms with Crippen LogP contribution in [0.15, 0.2) is 41.4 Å². The van der Waals surface area contributed by atoms with E-state index in [9.17, 15) is 9.18 Å². The van der Waals surface area contributed by atoms with Crippen molar-refractivity contribution >= 4 is 40.5 Å². The second kappa shape index (κ2) is 9.13. The first-order chi connectivity index (χ1) is 13.6. The quantitative estimate of drug-likeness (QED) is 0.480. The summed E-state index contributed by atoms with van der Waals surface area (Å²) in [5.41, 5.74) is 7.08. The molecule has 0 aliphatic heterocycles. The Hall–Kier alpha value is -2.80. The molecule has 0 spiro atoms. The molecule has 4 N–H and O–H groups in total. The van der Waals surface area contributed by atoms with Gasteiger partial charge in [0.2, 0.25) is 5.91 Å². The number of halogens is 2. The zero-order valence-electron chi connectivity index (χ0n) is 17.3. The highest BCUT2D eigenvalue weighted by Gasteiger charge is 2.36. The molecule has 0 bridgehead atoms. The number of anilines is 3. The fourth-order valence-electron chi connectivity index (χ4n) is 2.92. The Morgan fingerprint density at radius 3 is 2.48 bits per heavy atom. The van der Waals surface area contributed by atoms with Gasteiger partial charge in [-0.05, 0) is 57.2 Å². The number of likely N-dealkylation sites (N-methyl/N-ethyl adjacent to an activating group) is 1. The minimum absolute atomic E-state index is 0.0941. The fourth-order valence-corrected chi connectivity index (χ4v) is 3.14. The van der Waals surface area contributed by atoms with Crippen LogP contribution >= 0.6 is 11.6 Å². The molecule has 29 heavy (non-hydrogen) atoms. The summed E-state index contributed by atoms with van der Waals surface area (Å²) in [6.07, 6.45) is 0. The van der Waals surface area contributed by atoms with Crippen molar-refractivity contribution in [3.63, 3.8) is 0 Å². The molecule has 0 aliphatic carbocycles. The maximum Gasteiger partial charge on any atom is 0.239 e. The molecule has 0 heterocycles. The normalized spacial score (nSPS) is 11.9. The highest BCUT2D eigenvalue weighted by Crippen LogP contribution is 2.33. The third kappa shape index (κ3) is 4.98. The second-order valence-corrected chi connectivity index (χ2v) is 7.49. The first-order valence-electron chi connectivity index (χ1n) is 9.24. The van der Waals surface area contributed by atoms with Crippen molar-refractivity contribution in [1.29, 1.82) is 0 Å². The van der Waals surface area contributed by atoms with E-state index in [-0.39, 0.29) is 17.4 Å². The van der Waals surface area contributed by atoms with Crippen LogP contribution in [0, 0.1) is 5.82 Å². The molecule has 8 heteroatoms. The summed E-state index contributed by atoms with van der Waals surface area (Å²) in [6.45, 7) is 5.58. The Bertz CT molecular complexity index is 929. The minimum atomic E-state index is -1.16. The maximum atomic E-state index is 14.7. The molecule has 0 saturated heterocycles. The number of rotatable bonds is 6. The molecule has 1 amide bonds. The third-order valence-electron chi connectivity index (χ3n) is 4.68. The van der Waals surface area contributed by atoms with Crippen LogP contribution in [-0.2, 0) is 10.2 Å². The van der Waals surface area contributed by atoms with E-state index >= 15 is 0 Å². The average Bonchev–Trinajstić information content (AvgIpc) is 2.69. The van der Waals surface area contributed by atoms with Crippen molar-refractivity contribution in [2.45, 2.75) is 26.2 Å². The molecule has 0 aromatic heterocycles. The van der Waals surface area contributed by atoms with Gasteiger partial charge in [-0.3, -0.25) is 14.7 Å². The summed E-state index contributed by atoms with van der Waals surface area (Å²) in [5.74, 6) is -0.749. The molecule has 0 saturated carbocycles. The molecule has 0 fully saturated rings. The second-order valence-electron chi connectivity index (χ2n) is 7.09. The van der Waals surface area contributed by atoms with Crippen LogP contribution in [0.5, 0.6) is 0 Å². The van der Waals surface area contributed by atoms with E-state index in [1.54, 1.807) is 39.1 Å². The Morgan fingerprint density at radius 2 is 1.90 bits per heavy atom. The van der Waals surface area contributed by atoms with Gasteiger partial charge in [0.25, 0.3) is 0 Å².